The van der Waals surface area contributed by atoms with Crippen LogP contribution in [-0.4, -0.2) is 31.6 Å². The molecule has 0 aliphatic heterocycles. The number of aryl methyl sites for hydroxylation is 4. The lowest BCUT2D eigenvalue weighted by Gasteiger charge is -2.12. The van der Waals surface area contributed by atoms with Crippen LogP contribution in [0.2, 0.25) is 0 Å². The third-order valence-corrected chi connectivity index (χ3v) is 4.29. The highest BCUT2D eigenvalue weighted by molar-refractivity contribution is 6.39. The third kappa shape index (κ3) is 4.22. The van der Waals surface area contributed by atoms with Gasteiger partial charge in [0.15, 0.2) is 0 Å². The SMILES string of the molecule is Cc1cc(C)c(CNC(=O)C(=O)Nc2cc(C)nn2-c2ncccn2)c(C)c1. The molecule has 1 aromatic carbocycles. The number of amides is 2. The molecule has 2 heterocycles. The molecule has 0 saturated carbocycles. The van der Waals surface area contributed by atoms with Gasteiger partial charge in [0.05, 0.1) is 5.69 Å². The minimum atomic E-state index is -0.778. The Morgan fingerprint density at radius 2 is 1.61 bits per heavy atom. The summed E-state index contributed by atoms with van der Waals surface area (Å²) in [6.45, 7) is 8.06. The van der Waals surface area contributed by atoms with E-state index in [4.69, 9.17) is 0 Å². The van der Waals surface area contributed by atoms with Crippen LogP contribution in [0.3, 0.4) is 0 Å². The first-order chi connectivity index (χ1) is 13.3. The average molecular weight is 378 g/mol. The molecule has 8 heteroatoms. The molecule has 0 radical (unpaired) electrons. The van der Waals surface area contributed by atoms with Crippen LogP contribution in [0.1, 0.15) is 27.9 Å². The number of carbonyl (C=O) groups excluding carboxylic acids is 2. The second kappa shape index (κ2) is 7.99. The fourth-order valence-electron chi connectivity index (χ4n) is 3.05. The number of aromatic nitrogens is 4. The minimum absolute atomic E-state index is 0.282. The molecule has 0 bridgehead atoms. The Morgan fingerprint density at radius 3 is 2.25 bits per heavy atom. The lowest BCUT2D eigenvalue weighted by molar-refractivity contribution is -0.136. The van der Waals surface area contributed by atoms with Gasteiger partial charge in [-0.3, -0.25) is 9.59 Å². The van der Waals surface area contributed by atoms with Crippen molar-refractivity contribution in [1.82, 2.24) is 25.1 Å². The smallest absolute Gasteiger partial charge is 0.314 e. The fourth-order valence-corrected chi connectivity index (χ4v) is 3.05. The number of benzene rings is 1. The molecule has 0 fully saturated rings. The molecule has 2 amide bonds. The zero-order valence-electron chi connectivity index (χ0n) is 16.3. The molecule has 0 unspecified atom stereocenters. The number of rotatable bonds is 4. The fraction of sp³-hybridized carbons (Fsp3) is 0.250. The Labute approximate surface area is 163 Å². The molecule has 3 rings (SSSR count). The number of hydrogen-bond donors (Lipinski definition) is 2. The molecule has 0 aliphatic carbocycles. The van der Waals surface area contributed by atoms with Crippen LogP contribution in [0.5, 0.6) is 0 Å². The normalized spacial score (nSPS) is 10.6. The molecule has 8 nitrogen and oxygen atoms in total. The number of hydrogen-bond acceptors (Lipinski definition) is 5. The van der Waals surface area contributed by atoms with Crippen LogP contribution in [0, 0.1) is 27.7 Å². The van der Waals surface area contributed by atoms with E-state index in [-0.39, 0.29) is 6.54 Å². The van der Waals surface area contributed by atoms with E-state index >= 15 is 0 Å². The standard InChI is InChI=1S/C20H22N6O2/c1-12-8-13(2)16(14(3)9-12)11-23-18(27)19(28)24-17-10-15(4)25-26(17)20-21-6-5-7-22-20/h5-10H,11H2,1-4H3,(H,23,27)(H,24,28). The largest absolute Gasteiger partial charge is 0.344 e. The van der Waals surface area contributed by atoms with Gasteiger partial charge in [-0.15, -0.1) is 0 Å². The van der Waals surface area contributed by atoms with Crippen molar-refractivity contribution >= 4 is 17.6 Å². The first-order valence-corrected chi connectivity index (χ1v) is 8.85. The zero-order valence-corrected chi connectivity index (χ0v) is 16.3. The second-order valence-electron chi connectivity index (χ2n) is 6.65. The summed E-state index contributed by atoms with van der Waals surface area (Å²) >= 11 is 0. The molecule has 28 heavy (non-hydrogen) atoms. The Balaban J connectivity index is 1.70. The first kappa shape index (κ1) is 19.2. The van der Waals surface area contributed by atoms with E-state index in [0.717, 1.165) is 22.3 Å². The Hall–Kier alpha value is -3.55. The van der Waals surface area contributed by atoms with Crippen LogP contribution in [-0.2, 0) is 16.1 Å². The van der Waals surface area contributed by atoms with Gasteiger partial charge in [-0.25, -0.2) is 9.97 Å². The summed E-state index contributed by atoms with van der Waals surface area (Å²) < 4.78 is 1.38. The number of anilines is 1. The molecular formula is C20H22N6O2. The number of carbonyl (C=O) groups is 2. The molecular weight excluding hydrogens is 356 g/mol. The van der Waals surface area contributed by atoms with Crippen LogP contribution >= 0.6 is 0 Å². The highest BCUT2D eigenvalue weighted by Crippen LogP contribution is 2.16. The predicted molar refractivity (Wildman–Crippen MR) is 105 cm³/mol. The van der Waals surface area contributed by atoms with Gasteiger partial charge in [-0.1, -0.05) is 17.7 Å². The predicted octanol–water partition coefficient (Wildman–Crippen LogP) is 2.15. The van der Waals surface area contributed by atoms with Crippen LogP contribution < -0.4 is 10.6 Å². The molecule has 2 N–H and O–H groups in total. The molecule has 0 aliphatic rings. The highest BCUT2D eigenvalue weighted by Gasteiger charge is 2.18. The van der Waals surface area contributed by atoms with Crippen molar-refractivity contribution < 1.29 is 9.59 Å². The summed E-state index contributed by atoms with van der Waals surface area (Å²) in [7, 11) is 0. The van der Waals surface area contributed by atoms with Gasteiger partial charge in [0, 0.05) is 25.0 Å². The van der Waals surface area contributed by atoms with Crippen molar-refractivity contribution in [2.75, 3.05) is 5.32 Å². The number of nitrogens with zero attached hydrogens (tertiary/aromatic N) is 4. The van der Waals surface area contributed by atoms with Crippen molar-refractivity contribution in [1.29, 1.82) is 0 Å². The lowest BCUT2D eigenvalue weighted by atomic mass is 10.00. The van der Waals surface area contributed by atoms with Gasteiger partial charge in [0.25, 0.3) is 5.95 Å². The molecule has 0 saturated heterocycles. The highest BCUT2D eigenvalue weighted by atomic mass is 16.2. The number of nitrogens with one attached hydrogen (secondary N) is 2. The van der Waals surface area contributed by atoms with Crippen molar-refractivity contribution in [2.45, 2.75) is 34.2 Å². The Kier molecular flexibility index (Phi) is 5.49. The molecule has 144 valence electrons. The van der Waals surface area contributed by atoms with Crippen molar-refractivity contribution in [3.05, 3.63) is 64.6 Å². The molecule has 0 spiro atoms. The van der Waals surface area contributed by atoms with E-state index < -0.39 is 11.8 Å². The summed E-state index contributed by atoms with van der Waals surface area (Å²) in [5, 5.41) is 9.51. The third-order valence-electron chi connectivity index (χ3n) is 4.29. The zero-order chi connectivity index (χ0) is 20.3. The van der Waals surface area contributed by atoms with Gasteiger partial charge in [0.1, 0.15) is 5.82 Å². The minimum Gasteiger partial charge on any atom is -0.344 e. The van der Waals surface area contributed by atoms with E-state index in [1.807, 2.05) is 20.8 Å². The van der Waals surface area contributed by atoms with E-state index in [9.17, 15) is 9.59 Å². The summed E-state index contributed by atoms with van der Waals surface area (Å²) in [4.78, 5) is 32.9. The monoisotopic (exact) mass is 378 g/mol. The lowest BCUT2D eigenvalue weighted by Crippen LogP contribution is -2.35. The first-order valence-electron chi connectivity index (χ1n) is 8.85. The maximum Gasteiger partial charge on any atom is 0.314 e. The van der Waals surface area contributed by atoms with Crippen LogP contribution in [0.4, 0.5) is 5.82 Å². The molecule has 3 aromatic rings. The second-order valence-corrected chi connectivity index (χ2v) is 6.65. The van der Waals surface area contributed by atoms with Crippen molar-refractivity contribution in [3.63, 3.8) is 0 Å². The Morgan fingerprint density at radius 1 is 0.964 bits per heavy atom. The van der Waals surface area contributed by atoms with Gasteiger partial charge >= 0.3 is 11.8 Å². The summed E-state index contributed by atoms with van der Waals surface area (Å²) in [5.41, 5.74) is 4.98. The van der Waals surface area contributed by atoms with E-state index in [1.54, 1.807) is 31.5 Å². The summed E-state index contributed by atoms with van der Waals surface area (Å²) in [6, 6.07) is 7.43. The van der Waals surface area contributed by atoms with Gasteiger partial charge in [0.2, 0.25) is 0 Å². The maximum atomic E-state index is 12.3. The van der Waals surface area contributed by atoms with E-state index in [2.05, 4.69) is 37.8 Å². The van der Waals surface area contributed by atoms with E-state index in [0.29, 0.717) is 17.5 Å². The van der Waals surface area contributed by atoms with Crippen molar-refractivity contribution in [3.8, 4) is 5.95 Å². The van der Waals surface area contributed by atoms with Gasteiger partial charge in [-0.2, -0.15) is 9.78 Å². The maximum absolute atomic E-state index is 12.3. The molecule has 0 atom stereocenters. The van der Waals surface area contributed by atoms with Crippen LogP contribution in [0.25, 0.3) is 5.95 Å². The quantitative estimate of drug-likeness (QED) is 0.678. The molecule has 2 aromatic heterocycles. The van der Waals surface area contributed by atoms with Crippen LogP contribution in [0.15, 0.2) is 36.7 Å². The van der Waals surface area contributed by atoms with Crippen molar-refractivity contribution in [2.24, 2.45) is 0 Å². The topological polar surface area (TPSA) is 102 Å². The summed E-state index contributed by atoms with van der Waals surface area (Å²) in [6.07, 6.45) is 3.15. The van der Waals surface area contributed by atoms with Gasteiger partial charge < -0.3 is 10.6 Å². The average Bonchev–Trinajstić information content (AvgIpc) is 3.01. The Bertz CT molecular complexity index is 1000. The summed E-state index contributed by atoms with van der Waals surface area (Å²) in [5.74, 6) is -0.873. The van der Waals surface area contributed by atoms with Gasteiger partial charge in [-0.05, 0) is 50.5 Å². The van der Waals surface area contributed by atoms with E-state index in [1.165, 1.54) is 4.68 Å².